The Balaban J connectivity index is 2.16. The van der Waals surface area contributed by atoms with Crippen molar-refractivity contribution in [3.05, 3.63) is 48.0 Å². The van der Waals surface area contributed by atoms with Crippen LogP contribution >= 0.6 is 0 Å². The van der Waals surface area contributed by atoms with Crippen molar-refractivity contribution in [3.63, 3.8) is 0 Å². The normalized spacial score (nSPS) is 15.4. The lowest BCUT2D eigenvalue weighted by atomic mass is 9.90. The number of amides is 2. The van der Waals surface area contributed by atoms with Crippen molar-refractivity contribution in [1.29, 1.82) is 0 Å². The highest BCUT2D eigenvalue weighted by molar-refractivity contribution is 6.17. The molecule has 7 heteroatoms. The molecule has 2 aromatic rings. The summed E-state index contributed by atoms with van der Waals surface area (Å²) >= 11 is 0. The summed E-state index contributed by atoms with van der Waals surface area (Å²) in [5.41, 5.74) is 3.31. The van der Waals surface area contributed by atoms with Gasteiger partial charge in [0.1, 0.15) is 5.84 Å². The molecular weight excluding hydrogens is 368 g/mol. The van der Waals surface area contributed by atoms with Crippen LogP contribution in [0.2, 0.25) is 0 Å². The Morgan fingerprint density at radius 3 is 2.31 bits per heavy atom. The summed E-state index contributed by atoms with van der Waals surface area (Å²) in [5.74, 6) is 1.45. The van der Waals surface area contributed by atoms with E-state index < -0.39 is 0 Å². The second-order valence-electron chi connectivity index (χ2n) is 6.47. The minimum atomic E-state index is -0.324. The molecule has 1 aliphatic heterocycles. The molecule has 1 atom stereocenters. The Hall–Kier alpha value is -3.35. The van der Waals surface area contributed by atoms with Crippen LogP contribution < -0.4 is 20.1 Å². The van der Waals surface area contributed by atoms with Gasteiger partial charge in [-0.3, -0.25) is 10.3 Å². The highest BCUT2D eigenvalue weighted by Gasteiger charge is 2.28. The third kappa shape index (κ3) is 4.39. The van der Waals surface area contributed by atoms with E-state index in [-0.39, 0.29) is 11.9 Å². The van der Waals surface area contributed by atoms with E-state index in [1.165, 1.54) is 0 Å². The Morgan fingerprint density at radius 1 is 1.00 bits per heavy atom. The fraction of sp³-hybridized carbons (Fsp3) is 0.318. The van der Waals surface area contributed by atoms with Crippen LogP contribution in [0.3, 0.4) is 0 Å². The lowest BCUT2D eigenvalue weighted by Crippen LogP contribution is -2.43. The first kappa shape index (κ1) is 20.4. The molecule has 2 N–H and O–H groups in total. The zero-order chi connectivity index (χ0) is 20.8. The first-order chi connectivity index (χ1) is 14.1. The SMILES string of the molecule is CCNC(=O)NC1=Nc2ccccc2N=C(CC)[C@H]1c1ccc(OC)c(OC)c1. The highest BCUT2D eigenvalue weighted by Crippen LogP contribution is 2.37. The zero-order valence-corrected chi connectivity index (χ0v) is 17.2. The van der Waals surface area contributed by atoms with Gasteiger partial charge in [0.05, 0.1) is 31.5 Å². The number of urea groups is 1. The highest BCUT2D eigenvalue weighted by atomic mass is 16.5. The van der Waals surface area contributed by atoms with E-state index in [9.17, 15) is 4.79 Å². The van der Waals surface area contributed by atoms with Gasteiger partial charge in [0.2, 0.25) is 0 Å². The van der Waals surface area contributed by atoms with Crippen LogP contribution in [0.5, 0.6) is 11.5 Å². The smallest absolute Gasteiger partial charge is 0.320 e. The minimum absolute atomic E-state index is 0.299. The average molecular weight is 394 g/mol. The lowest BCUT2D eigenvalue weighted by molar-refractivity contribution is 0.245. The molecule has 0 radical (unpaired) electrons. The van der Waals surface area contributed by atoms with Gasteiger partial charge in [-0.2, -0.15) is 0 Å². The van der Waals surface area contributed by atoms with E-state index >= 15 is 0 Å². The molecule has 152 valence electrons. The quantitative estimate of drug-likeness (QED) is 0.791. The van der Waals surface area contributed by atoms with Crippen molar-refractivity contribution >= 4 is 29.0 Å². The van der Waals surface area contributed by atoms with E-state index in [2.05, 4.69) is 10.6 Å². The molecule has 0 spiro atoms. The van der Waals surface area contributed by atoms with Crippen LogP contribution in [0.1, 0.15) is 31.7 Å². The maximum Gasteiger partial charge on any atom is 0.320 e. The number of fused-ring (bicyclic) bond motifs is 1. The van der Waals surface area contributed by atoms with Gasteiger partial charge >= 0.3 is 6.03 Å². The molecule has 3 rings (SSSR count). The number of methoxy groups -OCH3 is 2. The molecule has 1 aliphatic rings. The molecule has 0 saturated heterocycles. The number of benzene rings is 2. The van der Waals surface area contributed by atoms with Gasteiger partial charge in [-0.15, -0.1) is 0 Å². The first-order valence-corrected chi connectivity index (χ1v) is 9.63. The third-order valence-corrected chi connectivity index (χ3v) is 4.68. The van der Waals surface area contributed by atoms with Crippen LogP contribution in [0.25, 0.3) is 0 Å². The Morgan fingerprint density at radius 2 is 1.69 bits per heavy atom. The standard InChI is InChI=1S/C22H26N4O3/c1-5-15-20(14-11-12-18(28-3)19(13-14)29-4)21(26-22(27)23-6-2)25-17-10-8-7-9-16(17)24-15/h7-13,20H,5-6H2,1-4H3,(H2,23,25,26,27)/t20-/m1/s1. The number of nitrogens with one attached hydrogen (secondary N) is 2. The molecule has 0 bridgehead atoms. The molecule has 0 saturated carbocycles. The van der Waals surface area contributed by atoms with Gasteiger partial charge in [-0.1, -0.05) is 25.1 Å². The Labute approximate surface area is 170 Å². The number of rotatable bonds is 5. The van der Waals surface area contributed by atoms with Gasteiger partial charge in [-0.25, -0.2) is 9.79 Å². The fourth-order valence-electron chi connectivity index (χ4n) is 3.31. The molecule has 2 aromatic carbocycles. The Kier molecular flexibility index (Phi) is 6.49. The van der Waals surface area contributed by atoms with Crippen molar-refractivity contribution in [2.24, 2.45) is 9.98 Å². The van der Waals surface area contributed by atoms with Gasteiger partial charge in [0.25, 0.3) is 0 Å². The van der Waals surface area contributed by atoms with E-state index in [0.717, 1.165) is 17.0 Å². The zero-order valence-electron chi connectivity index (χ0n) is 17.2. The summed E-state index contributed by atoms with van der Waals surface area (Å²) in [4.78, 5) is 22.0. The predicted octanol–water partition coefficient (Wildman–Crippen LogP) is 4.33. The fourth-order valence-corrected chi connectivity index (χ4v) is 3.31. The van der Waals surface area contributed by atoms with Crippen molar-refractivity contribution < 1.29 is 14.3 Å². The number of amidine groups is 1. The third-order valence-electron chi connectivity index (χ3n) is 4.68. The summed E-state index contributed by atoms with van der Waals surface area (Å²) in [5, 5.41) is 5.69. The van der Waals surface area contributed by atoms with Crippen molar-refractivity contribution in [2.45, 2.75) is 26.2 Å². The number of aliphatic imine (C=N–C) groups is 2. The van der Waals surface area contributed by atoms with Crippen LogP contribution in [-0.4, -0.2) is 38.3 Å². The predicted molar refractivity (Wildman–Crippen MR) is 115 cm³/mol. The largest absolute Gasteiger partial charge is 0.493 e. The van der Waals surface area contributed by atoms with Crippen molar-refractivity contribution in [1.82, 2.24) is 10.6 Å². The molecule has 0 aliphatic carbocycles. The summed E-state index contributed by atoms with van der Waals surface area (Å²) in [7, 11) is 3.20. The van der Waals surface area contributed by atoms with Gasteiger partial charge in [0, 0.05) is 12.3 Å². The molecule has 0 unspecified atom stereocenters. The van der Waals surface area contributed by atoms with Gasteiger partial charge < -0.3 is 14.8 Å². The van der Waals surface area contributed by atoms with Crippen LogP contribution in [0, 0.1) is 0 Å². The van der Waals surface area contributed by atoms with Crippen molar-refractivity contribution in [3.8, 4) is 11.5 Å². The second-order valence-corrected chi connectivity index (χ2v) is 6.47. The summed E-state index contributed by atoms with van der Waals surface area (Å²) in [6.45, 7) is 4.43. The molecular formula is C22H26N4O3. The molecule has 0 aromatic heterocycles. The lowest BCUT2D eigenvalue weighted by Gasteiger charge is -2.22. The number of carbonyl (C=O) groups is 1. The topological polar surface area (TPSA) is 84.3 Å². The monoisotopic (exact) mass is 394 g/mol. The molecule has 29 heavy (non-hydrogen) atoms. The number of ether oxygens (including phenoxy) is 2. The van der Waals surface area contributed by atoms with Crippen LogP contribution in [0.15, 0.2) is 52.4 Å². The number of carbonyl (C=O) groups excluding carboxylic acids is 1. The second kappa shape index (κ2) is 9.23. The van der Waals surface area contributed by atoms with E-state index in [1.807, 2.05) is 56.3 Å². The number of hydrogen-bond donors (Lipinski definition) is 2. The van der Waals surface area contributed by atoms with E-state index in [0.29, 0.717) is 36.0 Å². The van der Waals surface area contributed by atoms with Gasteiger partial charge in [0.15, 0.2) is 11.5 Å². The molecule has 7 nitrogen and oxygen atoms in total. The number of nitrogens with zero attached hydrogens (tertiary/aromatic N) is 2. The maximum absolute atomic E-state index is 12.3. The van der Waals surface area contributed by atoms with Gasteiger partial charge in [-0.05, 0) is 43.2 Å². The minimum Gasteiger partial charge on any atom is -0.493 e. The van der Waals surface area contributed by atoms with Crippen molar-refractivity contribution in [2.75, 3.05) is 20.8 Å². The number of para-hydroxylation sites is 2. The summed E-state index contributed by atoms with van der Waals surface area (Å²) in [6.07, 6.45) is 0.698. The summed E-state index contributed by atoms with van der Waals surface area (Å²) in [6, 6.07) is 13.1. The van der Waals surface area contributed by atoms with E-state index in [1.54, 1.807) is 14.2 Å². The molecule has 2 amide bonds. The Bertz CT molecular complexity index is 953. The molecule has 1 heterocycles. The van der Waals surface area contributed by atoms with Crippen LogP contribution in [0.4, 0.5) is 16.2 Å². The first-order valence-electron chi connectivity index (χ1n) is 9.63. The van der Waals surface area contributed by atoms with Crippen LogP contribution in [-0.2, 0) is 0 Å². The maximum atomic E-state index is 12.3. The number of hydrogen-bond acceptors (Lipinski definition) is 5. The summed E-state index contributed by atoms with van der Waals surface area (Å²) < 4.78 is 10.8. The molecule has 0 fully saturated rings. The van der Waals surface area contributed by atoms with E-state index in [4.69, 9.17) is 19.5 Å². The average Bonchev–Trinajstić information content (AvgIpc) is 2.89.